The minimum absolute atomic E-state index is 0.163. The Hall–Kier alpha value is -3.01. The Balaban J connectivity index is 2.34. The van der Waals surface area contributed by atoms with Gasteiger partial charge in [-0.15, -0.1) is 0 Å². The summed E-state index contributed by atoms with van der Waals surface area (Å²) in [5, 5.41) is 19.5. The van der Waals surface area contributed by atoms with Gasteiger partial charge >= 0.3 is 5.88 Å². The zero-order valence-corrected chi connectivity index (χ0v) is 9.95. The summed E-state index contributed by atoms with van der Waals surface area (Å²) in [6, 6.07) is 8.90. The molecule has 1 heterocycles. The molecule has 0 aliphatic rings. The van der Waals surface area contributed by atoms with Gasteiger partial charge in [-0.3, -0.25) is 14.9 Å². The van der Waals surface area contributed by atoms with E-state index in [1.165, 1.54) is 18.2 Å². The van der Waals surface area contributed by atoms with Crippen LogP contribution in [0.2, 0.25) is 0 Å². The van der Waals surface area contributed by atoms with E-state index in [4.69, 9.17) is 9.68 Å². The van der Waals surface area contributed by atoms with Crippen LogP contribution < -0.4 is 0 Å². The third-order valence-corrected chi connectivity index (χ3v) is 2.59. The zero-order valence-electron chi connectivity index (χ0n) is 9.95. The molecule has 7 heteroatoms. The summed E-state index contributed by atoms with van der Waals surface area (Å²) >= 11 is 0. The number of halogens is 1. The van der Waals surface area contributed by atoms with Gasteiger partial charge in [0.1, 0.15) is 16.7 Å². The topological polar surface area (TPSA) is 97.1 Å². The van der Waals surface area contributed by atoms with Crippen LogP contribution in [0, 0.1) is 27.3 Å². The lowest BCUT2D eigenvalue weighted by atomic mass is 9.95. The predicted octanol–water partition coefficient (Wildman–Crippen LogP) is 2.82. The van der Waals surface area contributed by atoms with E-state index in [-0.39, 0.29) is 11.3 Å². The highest BCUT2D eigenvalue weighted by Gasteiger charge is 2.26. The average molecular weight is 274 g/mol. The molecule has 1 aromatic carbocycles. The molecule has 0 fully saturated rings. The molecule has 1 unspecified atom stereocenters. The largest absolute Gasteiger partial charge is 0.433 e. The lowest BCUT2D eigenvalue weighted by Crippen LogP contribution is -2.10. The third kappa shape index (κ3) is 2.54. The van der Waals surface area contributed by atoms with E-state index in [1.54, 1.807) is 6.07 Å². The Morgan fingerprint density at radius 2 is 2.15 bits per heavy atom. The van der Waals surface area contributed by atoms with Crippen molar-refractivity contribution in [2.45, 2.75) is 5.92 Å². The number of hydrogen-bond donors (Lipinski definition) is 0. The first kappa shape index (κ1) is 13.4. The first-order valence-corrected chi connectivity index (χ1v) is 5.46. The van der Waals surface area contributed by atoms with Crippen LogP contribution in [0.4, 0.5) is 10.3 Å². The summed E-state index contributed by atoms with van der Waals surface area (Å²) < 4.78 is 17.9. The molecule has 0 saturated heterocycles. The smallest absolute Gasteiger partial charge is 0.397 e. The SMILES string of the molecule is N#CC(C(=O)c1ccc([N+](=O)[O-])o1)c1cccc(F)c1. The Morgan fingerprint density at radius 1 is 1.40 bits per heavy atom. The fourth-order valence-corrected chi connectivity index (χ4v) is 1.67. The first-order valence-electron chi connectivity index (χ1n) is 5.46. The second-order valence-electron chi connectivity index (χ2n) is 3.88. The van der Waals surface area contributed by atoms with Gasteiger partial charge in [0.2, 0.25) is 5.78 Å². The van der Waals surface area contributed by atoms with Gasteiger partial charge in [-0.2, -0.15) is 5.26 Å². The molecule has 100 valence electrons. The lowest BCUT2D eigenvalue weighted by molar-refractivity contribution is -0.402. The first-order chi connectivity index (χ1) is 9.52. The van der Waals surface area contributed by atoms with Gasteiger partial charge in [0.15, 0.2) is 5.76 Å². The van der Waals surface area contributed by atoms with Crippen LogP contribution in [0.15, 0.2) is 40.8 Å². The van der Waals surface area contributed by atoms with Crippen molar-refractivity contribution in [3.05, 3.63) is 63.7 Å². The summed E-state index contributed by atoms with van der Waals surface area (Å²) in [4.78, 5) is 21.7. The van der Waals surface area contributed by atoms with E-state index in [0.29, 0.717) is 0 Å². The number of rotatable bonds is 4. The molecule has 6 nitrogen and oxygen atoms in total. The number of nitrogens with zero attached hydrogens (tertiary/aromatic N) is 2. The molecule has 0 radical (unpaired) electrons. The molecule has 20 heavy (non-hydrogen) atoms. The van der Waals surface area contributed by atoms with Gasteiger partial charge in [0, 0.05) is 0 Å². The Bertz CT molecular complexity index is 717. The summed E-state index contributed by atoms with van der Waals surface area (Å²) in [6.45, 7) is 0. The van der Waals surface area contributed by atoms with Crippen molar-refractivity contribution < 1.29 is 18.5 Å². The Labute approximate surface area is 112 Å². The highest BCUT2D eigenvalue weighted by atomic mass is 19.1. The number of carbonyl (C=O) groups is 1. The highest BCUT2D eigenvalue weighted by Crippen LogP contribution is 2.24. The lowest BCUT2D eigenvalue weighted by Gasteiger charge is -2.06. The molecule has 2 aromatic rings. The molecule has 0 aliphatic heterocycles. The summed E-state index contributed by atoms with van der Waals surface area (Å²) in [7, 11) is 0. The number of nitro groups is 1. The van der Waals surface area contributed by atoms with Crippen molar-refractivity contribution in [1.29, 1.82) is 5.26 Å². The van der Waals surface area contributed by atoms with E-state index < -0.39 is 28.3 Å². The van der Waals surface area contributed by atoms with Gasteiger partial charge in [0.25, 0.3) is 0 Å². The molecule has 2 rings (SSSR count). The molecule has 0 aliphatic carbocycles. The van der Waals surface area contributed by atoms with Crippen molar-refractivity contribution in [3.63, 3.8) is 0 Å². The Kier molecular flexibility index (Phi) is 3.57. The van der Waals surface area contributed by atoms with Crippen LogP contribution in [0.3, 0.4) is 0 Å². The number of Topliss-reactive ketones (excluding diaryl/α,β-unsaturated/α-hetero) is 1. The average Bonchev–Trinajstić information content (AvgIpc) is 2.89. The van der Waals surface area contributed by atoms with E-state index in [0.717, 1.165) is 18.2 Å². The summed E-state index contributed by atoms with van der Waals surface area (Å²) in [6.07, 6.45) is 0. The van der Waals surface area contributed by atoms with Crippen LogP contribution >= 0.6 is 0 Å². The fraction of sp³-hybridized carbons (Fsp3) is 0.0769. The molecular weight excluding hydrogens is 267 g/mol. The van der Waals surface area contributed by atoms with E-state index in [2.05, 4.69) is 0 Å². The van der Waals surface area contributed by atoms with Crippen LogP contribution in [0.5, 0.6) is 0 Å². The minimum atomic E-state index is -1.28. The molecule has 0 amide bonds. The third-order valence-electron chi connectivity index (χ3n) is 2.59. The van der Waals surface area contributed by atoms with Crippen LogP contribution in [-0.2, 0) is 0 Å². The molecule has 0 saturated carbocycles. The number of carbonyl (C=O) groups excluding carboxylic acids is 1. The maximum atomic E-state index is 13.1. The van der Waals surface area contributed by atoms with Crippen molar-refractivity contribution in [2.24, 2.45) is 0 Å². The molecule has 0 spiro atoms. The number of furan rings is 1. The standard InChI is InChI=1S/C13H7FN2O4/c14-9-3-1-2-8(6-9)10(7-15)13(17)11-4-5-12(20-11)16(18)19/h1-6,10H. The molecule has 0 bridgehead atoms. The number of ketones is 1. The van der Waals surface area contributed by atoms with Gasteiger partial charge < -0.3 is 4.42 Å². The van der Waals surface area contributed by atoms with Crippen LogP contribution in [0.1, 0.15) is 22.0 Å². The number of benzene rings is 1. The van der Waals surface area contributed by atoms with Crippen molar-refractivity contribution in [2.75, 3.05) is 0 Å². The molecule has 1 aromatic heterocycles. The second kappa shape index (κ2) is 5.32. The van der Waals surface area contributed by atoms with E-state index in [1.807, 2.05) is 0 Å². The summed E-state index contributed by atoms with van der Waals surface area (Å²) in [5.74, 6) is -3.53. The highest BCUT2D eigenvalue weighted by molar-refractivity contribution is 6.00. The fourth-order valence-electron chi connectivity index (χ4n) is 1.67. The molecule has 0 N–H and O–H groups in total. The maximum Gasteiger partial charge on any atom is 0.433 e. The second-order valence-corrected chi connectivity index (χ2v) is 3.88. The van der Waals surface area contributed by atoms with Gasteiger partial charge in [-0.25, -0.2) is 4.39 Å². The van der Waals surface area contributed by atoms with Crippen molar-refractivity contribution in [1.82, 2.24) is 0 Å². The van der Waals surface area contributed by atoms with E-state index in [9.17, 15) is 19.3 Å². The quantitative estimate of drug-likeness (QED) is 0.485. The molecular formula is C13H7FN2O4. The maximum absolute atomic E-state index is 13.1. The molecule has 1 atom stereocenters. The van der Waals surface area contributed by atoms with Gasteiger partial charge in [-0.05, 0) is 23.8 Å². The van der Waals surface area contributed by atoms with Crippen LogP contribution in [-0.4, -0.2) is 10.7 Å². The number of hydrogen-bond acceptors (Lipinski definition) is 5. The minimum Gasteiger partial charge on any atom is -0.397 e. The number of nitriles is 1. The summed E-state index contributed by atoms with van der Waals surface area (Å²) in [5.41, 5.74) is 0.163. The monoisotopic (exact) mass is 274 g/mol. The predicted molar refractivity (Wildman–Crippen MR) is 64.4 cm³/mol. The van der Waals surface area contributed by atoms with Gasteiger partial charge in [0.05, 0.1) is 12.1 Å². The van der Waals surface area contributed by atoms with Crippen molar-refractivity contribution in [3.8, 4) is 6.07 Å². The van der Waals surface area contributed by atoms with Gasteiger partial charge in [-0.1, -0.05) is 12.1 Å². The van der Waals surface area contributed by atoms with Crippen molar-refractivity contribution >= 4 is 11.7 Å². The normalized spacial score (nSPS) is 11.6. The zero-order chi connectivity index (χ0) is 14.7. The van der Waals surface area contributed by atoms with E-state index >= 15 is 0 Å². The Morgan fingerprint density at radius 3 is 2.70 bits per heavy atom. The van der Waals surface area contributed by atoms with Crippen LogP contribution in [0.25, 0.3) is 0 Å².